The molecule has 0 spiro atoms. The minimum atomic E-state index is -0.865. The van der Waals surface area contributed by atoms with Gasteiger partial charge >= 0.3 is 5.97 Å². The summed E-state index contributed by atoms with van der Waals surface area (Å²) in [4.78, 5) is 30.5. The first-order chi connectivity index (χ1) is 11.3. The van der Waals surface area contributed by atoms with Crippen molar-refractivity contribution in [1.29, 1.82) is 0 Å². The van der Waals surface area contributed by atoms with Gasteiger partial charge in [0, 0.05) is 24.8 Å². The van der Waals surface area contributed by atoms with Crippen LogP contribution in [0.1, 0.15) is 38.1 Å². The lowest BCUT2D eigenvalue weighted by atomic mass is 10.1. The van der Waals surface area contributed by atoms with Crippen molar-refractivity contribution in [1.82, 2.24) is 10.3 Å². The Labute approximate surface area is 142 Å². The van der Waals surface area contributed by atoms with Crippen LogP contribution in [-0.4, -0.2) is 54.8 Å². The number of morpholine rings is 1. The molecular formula is C17H25N3O4. The predicted molar refractivity (Wildman–Crippen MR) is 90.0 cm³/mol. The van der Waals surface area contributed by atoms with E-state index in [2.05, 4.69) is 15.2 Å². The Morgan fingerprint density at radius 1 is 1.29 bits per heavy atom. The van der Waals surface area contributed by atoms with Crippen LogP contribution in [0.25, 0.3) is 0 Å². The standard InChI is InChI=1S/C17H25N3O4/c1-12(15(21)19-17(2,3)4)24-16(22)13-5-6-14(18-11-13)20-7-9-23-10-8-20/h5-6,11-12H,7-10H2,1-4H3,(H,19,21)/t12-/m1/s1. The molecule has 1 saturated heterocycles. The van der Waals surface area contributed by atoms with Crippen LogP contribution in [0.15, 0.2) is 18.3 Å². The van der Waals surface area contributed by atoms with Crippen LogP contribution < -0.4 is 10.2 Å². The molecule has 1 aliphatic heterocycles. The van der Waals surface area contributed by atoms with E-state index in [1.165, 1.54) is 6.20 Å². The first-order valence-electron chi connectivity index (χ1n) is 8.08. The van der Waals surface area contributed by atoms with Crippen LogP contribution in [0.5, 0.6) is 0 Å². The molecule has 1 amide bonds. The zero-order valence-electron chi connectivity index (χ0n) is 14.7. The fraction of sp³-hybridized carbons (Fsp3) is 0.588. The topological polar surface area (TPSA) is 80.8 Å². The smallest absolute Gasteiger partial charge is 0.340 e. The third-order valence-corrected chi connectivity index (χ3v) is 3.47. The van der Waals surface area contributed by atoms with E-state index >= 15 is 0 Å². The molecule has 1 aromatic heterocycles. The lowest BCUT2D eigenvalue weighted by molar-refractivity contribution is -0.130. The Kier molecular flexibility index (Phi) is 5.77. The van der Waals surface area contributed by atoms with E-state index in [1.54, 1.807) is 19.1 Å². The first kappa shape index (κ1) is 18.2. The largest absolute Gasteiger partial charge is 0.449 e. The van der Waals surface area contributed by atoms with Gasteiger partial charge < -0.3 is 19.7 Å². The number of carbonyl (C=O) groups is 2. The van der Waals surface area contributed by atoms with Crippen molar-refractivity contribution < 1.29 is 19.1 Å². The summed E-state index contributed by atoms with van der Waals surface area (Å²) in [6, 6.07) is 3.44. The Morgan fingerprint density at radius 3 is 2.50 bits per heavy atom. The second kappa shape index (κ2) is 7.61. The Bertz CT molecular complexity index is 574. The van der Waals surface area contributed by atoms with Crippen molar-refractivity contribution in [2.75, 3.05) is 31.2 Å². The number of aromatic nitrogens is 1. The zero-order chi connectivity index (χ0) is 17.7. The number of ether oxygens (including phenoxy) is 2. The molecule has 132 valence electrons. The molecule has 1 fully saturated rings. The maximum absolute atomic E-state index is 12.1. The van der Waals surface area contributed by atoms with E-state index in [-0.39, 0.29) is 11.4 Å². The Balaban J connectivity index is 1.93. The van der Waals surface area contributed by atoms with E-state index in [1.807, 2.05) is 20.8 Å². The Morgan fingerprint density at radius 2 is 1.96 bits per heavy atom. The highest BCUT2D eigenvalue weighted by molar-refractivity contribution is 5.92. The average Bonchev–Trinajstić information content (AvgIpc) is 2.54. The molecule has 0 aromatic carbocycles. The van der Waals surface area contributed by atoms with Crippen molar-refractivity contribution in [2.45, 2.75) is 39.3 Å². The van der Waals surface area contributed by atoms with E-state index < -0.39 is 12.1 Å². The summed E-state index contributed by atoms with van der Waals surface area (Å²) in [5, 5.41) is 2.78. The molecular weight excluding hydrogens is 310 g/mol. The van der Waals surface area contributed by atoms with Crippen LogP contribution in [-0.2, 0) is 14.3 Å². The quantitative estimate of drug-likeness (QED) is 0.837. The highest BCUT2D eigenvalue weighted by Gasteiger charge is 2.23. The van der Waals surface area contributed by atoms with Gasteiger partial charge in [-0.15, -0.1) is 0 Å². The minimum absolute atomic E-state index is 0.322. The molecule has 24 heavy (non-hydrogen) atoms. The highest BCUT2D eigenvalue weighted by Crippen LogP contribution is 2.14. The van der Waals surface area contributed by atoms with E-state index in [4.69, 9.17) is 9.47 Å². The minimum Gasteiger partial charge on any atom is -0.449 e. The second-order valence-electron chi connectivity index (χ2n) is 6.79. The highest BCUT2D eigenvalue weighted by atomic mass is 16.5. The predicted octanol–water partition coefficient (Wildman–Crippen LogP) is 1.38. The monoisotopic (exact) mass is 335 g/mol. The van der Waals surface area contributed by atoms with E-state index in [0.29, 0.717) is 18.8 Å². The van der Waals surface area contributed by atoms with Gasteiger partial charge in [-0.05, 0) is 39.8 Å². The number of nitrogens with one attached hydrogen (secondary N) is 1. The van der Waals surface area contributed by atoms with Gasteiger partial charge in [-0.25, -0.2) is 9.78 Å². The normalized spacial score (nSPS) is 16.4. The summed E-state index contributed by atoms with van der Waals surface area (Å²) in [7, 11) is 0. The molecule has 1 aliphatic rings. The first-order valence-corrected chi connectivity index (χ1v) is 8.08. The number of rotatable bonds is 4. The van der Waals surface area contributed by atoms with Gasteiger partial charge in [0.25, 0.3) is 5.91 Å². The van der Waals surface area contributed by atoms with Crippen LogP contribution in [0.4, 0.5) is 5.82 Å². The molecule has 1 atom stereocenters. The lowest BCUT2D eigenvalue weighted by Gasteiger charge is -2.27. The van der Waals surface area contributed by atoms with Crippen LogP contribution >= 0.6 is 0 Å². The maximum atomic E-state index is 12.1. The molecule has 7 heteroatoms. The number of amides is 1. The van der Waals surface area contributed by atoms with Crippen LogP contribution in [0, 0.1) is 0 Å². The number of hydrogen-bond donors (Lipinski definition) is 1. The van der Waals surface area contributed by atoms with Gasteiger partial charge in [0.1, 0.15) is 5.82 Å². The summed E-state index contributed by atoms with van der Waals surface area (Å²) in [5.41, 5.74) is -0.0542. The number of pyridine rings is 1. The molecule has 0 bridgehead atoms. The van der Waals surface area contributed by atoms with Crippen molar-refractivity contribution >= 4 is 17.7 Å². The fourth-order valence-corrected chi connectivity index (χ4v) is 2.24. The number of nitrogens with zero attached hydrogens (tertiary/aromatic N) is 2. The average molecular weight is 335 g/mol. The van der Waals surface area contributed by atoms with Gasteiger partial charge in [0.2, 0.25) is 0 Å². The second-order valence-corrected chi connectivity index (χ2v) is 6.79. The summed E-state index contributed by atoms with van der Waals surface area (Å²) < 4.78 is 10.5. The molecule has 0 unspecified atom stereocenters. The van der Waals surface area contributed by atoms with Crippen molar-refractivity contribution in [3.05, 3.63) is 23.9 Å². The molecule has 2 rings (SSSR count). The summed E-state index contributed by atoms with van der Waals surface area (Å²) in [6.45, 7) is 10.1. The number of esters is 1. The van der Waals surface area contributed by atoms with Crippen LogP contribution in [0.3, 0.4) is 0 Å². The fourth-order valence-electron chi connectivity index (χ4n) is 2.24. The van der Waals surface area contributed by atoms with E-state index in [9.17, 15) is 9.59 Å². The van der Waals surface area contributed by atoms with Crippen LogP contribution in [0.2, 0.25) is 0 Å². The molecule has 1 aromatic rings. The maximum Gasteiger partial charge on any atom is 0.340 e. The third-order valence-electron chi connectivity index (χ3n) is 3.47. The van der Waals surface area contributed by atoms with Crippen molar-refractivity contribution in [2.24, 2.45) is 0 Å². The Hall–Kier alpha value is -2.15. The van der Waals surface area contributed by atoms with Gasteiger partial charge in [-0.3, -0.25) is 4.79 Å². The molecule has 0 radical (unpaired) electrons. The van der Waals surface area contributed by atoms with Gasteiger partial charge in [0.05, 0.1) is 18.8 Å². The SMILES string of the molecule is C[C@@H](OC(=O)c1ccc(N2CCOCC2)nc1)C(=O)NC(C)(C)C. The summed E-state index contributed by atoms with van der Waals surface area (Å²) in [6.07, 6.45) is 0.609. The van der Waals surface area contributed by atoms with Gasteiger partial charge in [-0.2, -0.15) is 0 Å². The van der Waals surface area contributed by atoms with Crippen molar-refractivity contribution in [3.8, 4) is 0 Å². The summed E-state index contributed by atoms with van der Waals surface area (Å²) in [5.74, 6) is -0.0882. The number of hydrogen-bond acceptors (Lipinski definition) is 6. The van der Waals surface area contributed by atoms with Gasteiger partial charge in [0.15, 0.2) is 6.10 Å². The molecule has 0 saturated carbocycles. The molecule has 0 aliphatic carbocycles. The lowest BCUT2D eigenvalue weighted by Crippen LogP contribution is -2.46. The molecule has 1 N–H and O–H groups in total. The molecule has 7 nitrogen and oxygen atoms in total. The zero-order valence-corrected chi connectivity index (χ0v) is 14.7. The number of anilines is 1. The number of carbonyl (C=O) groups excluding carboxylic acids is 2. The van der Waals surface area contributed by atoms with Crippen molar-refractivity contribution in [3.63, 3.8) is 0 Å². The van der Waals surface area contributed by atoms with Gasteiger partial charge in [-0.1, -0.05) is 0 Å². The van der Waals surface area contributed by atoms with E-state index in [0.717, 1.165) is 18.9 Å². The third kappa shape index (κ3) is 5.19. The molecule has 2 heterocycles. The summed E-state index contributed by atoms with van der Waals surface area (Å²) >= 11 is 0.